The molecule has 1 aromatic heterocycles. The molecule has 0 saturated carbocycles. The van der Waals surface area contributed by atoms with Crippen LogP contribution in [-0.2, 0) is 13.0 Å². The van der Waals surface area contributed by atoms with Gasteiger partial charge in [-0.1, -0.05) is 24.3 Å². The molecule has 0 atom stereocenters. The number of anilines is 1. The van der Waals surface area contributed by atoms with Gasteiger partial charge in [0.05, 0.1) is 0 Å². The minimum atomic E-state index is -0.298. The molecule has 0 spiro atoms. The number of urea groups is 1. The van der Waals surface area contributed by atoms with Crippen molar-refractivity contribution in [3.8, 4) is 5.75 Å². The first-order valence-electron chi connectivity index (χ1n) is 8.61. The van der Waals surface area contributed by atoms with Gasteiger partial charge in [0.1, 0.15) is 18.2 Å². The second-order valence-electron chi connectivity index (χ2n) is 5.90. The number of hydrogen-bond acceptors (Lipinski definition) is 3. The fourth-order valence-corrected chi connectivity index (χ4v) is 2.48. The van der Waals surface area contributed by atoms with Gasteiger partial charge in [0.15, 0.2) is 0 Å². The van der Waals surface area contributed by atoms with E-state index < -0.39 is 0 Å². The Morgan fingerprint density at radius 2 is 1.93 bits per heavy atom. The van der Waals surface area contributed by atoms with Crippen LogP contribution < -0.4 is 15.4 Å². The molecule has 138 valence electrons. The number of nitrogens with zero attached hydrogens (tertiary/aromatic N) is 1. The first kappa shape index (κ1) is 18.4. The van der Waals surface area contributed by atoms with Gasteiger partial charge < -0.3 is 15.4 Å². The van der Waals surface area contributed by atoms with Gasteiger partial charge in [0.2, 0.25) is 0 Å². The highest BCUT2D eigenvalue weighted by atomic mass is 19.1. The predicted molar refractivity (Wildman–Crippen MR) is 102 cm³/mol. The van der Waals surface area contributed by atoms with Gasteiger partial charge in [-0.3, -0.25) is 4.98 Å². The van der Waals surface area contributed by atoms with E-state index in [1.54, 1.807) is 42.6 Å². The molecule has 0 fully saturated rings. The van der Waals surface area contributed by atoms with Crippen molar-refractivity contribution >= 4 is 11.7 Å². The zero-order valence-electron chi connectivity index (χ0n) is 14.7. The highest BCUT2D eigenvalue weighted by molar-refractivity contribution is 5.89. The molecule has 1 heterocycles. The summed E-state index contributed by atoms with van der Waals surface area (Å²) in [7, 11) is 0. The fraction of sp³-hybridized carbons (Fsp3) is 0.143. The minimum absolute atomic E-state index is 0.248. The number of carbonyl (C=O) groups is 1. The summed E-state index contributed by atoms with van der Waals surface area (Å²) in [5, 5.41) is 5.56. The summed E-state index contributed by atoms with van der Waals surface area (Å²) < 4.78 is 18.9. The Kier molecular flexibility index (Phi) is 6.35. The van der Waals surface area contributed by atoms with Crippen molar-refractivity contribution < 1.29 is 13.9 Å². The molecule has 2 amide bonds. The van der Waals surface area contributed by atoms with Gasteiger partial charge in [0.25, 0.3) is 0 Å². The summed E-state index contributed by atoms with van der Waals surface area (Å²) in [6.07, 6.45) is 2.38. The Labute approximate surface area is 157 Å². The van der Waals surface area contributed by atoms with Crippen LogP contribution in [0.2, 0.25) is 0 Å². The standard InChI is InChI=1S/C21H20FN3O2/c22-17-6-3-5-16(13-17)15-27-20-9-4-8-19(14-20)25-21(26)24-12-10-18-7-1-2-11-23-18/h1-9,11,13-14H,10,12,15H2,(H2,24,25,26). The maximum Gasteiger partial charge on any atom is 0.319 e. The number of rotatable bonds is 7. The molecule has 3 rings (SSSR count). The van der Waals surface area contributed by atoms with E-state index in [1.165, 1.54) is 12.1 Å². The van der Waals surface area contributed by atoms with E-state index in [-0.39, 0.29) is 18.5 Å². The number of benzene rings is 2. The van der Waals surface area contributed by atoms with Crippen LogP contribution in [0.25, 0.3) is 0 Å². The van der Waals surface area contributed by atoms with Crippen LogP contribution in [0.1, 0.15) is 11.3 Å². The van der Waals surface area contributed by atoms with Crippen molar-refractivity contribution in [1.29, 1.82) is 0 Å². The van der Waals surface area contributed by atoms with Crippen LogP contribution in [0.3, 0.4) is 0 Å². The summed E-state index contributed by atoms with van der Waals surface area (Å²) in [5.41, 5.74) is 2.27. The van der Waals surface area contributed by atoms with Gasteiger partial charge in [-0.25, -0.2) is 9.18 Å². The summed E-state index contributed by atoms with van der Waals surface area (Å²) in [6.45, 7) is 0.732. The molecule has 2 N–H and O–H groups in total. The van der Waals surface area contributed by atoms with Gasteiger partial charge in [-0.2, -0.15) is 0 Å². The molecule has 3 aromatic rings. The number of ether oxygens (including phenoxy) is 1. The molecular weight excluding hydrogens is 345 g/mol. The quantitative estimate of drug-likeness (QED) is 0.661. The summed E-state index contributed by atoms with van der Waals surface area (Å²) in [6, 6.07) is 18.7. The molecule has 0 aliphatic rings. The van der Waals surface area contributed by atoms with E-state index in [0.717, 1.165) is 11.3 Å². The van der Waals surface area contributed by atoms with Gasteiger partial charge in [0, 0.05) is 36.6 Å². The first-order chi connectivity index (χ1) is 13.2. The predicted octanol–water partition coefficient (Wildman–Crippen LogP) is 4.16. The van der Waals surface area contributed by atoms with Crippen LogP contribution in [0.5, 0.6) is 5.75 Å². The molecule has 5 nitrogen and oxygen atoms in total. The van der Waals surface area contributed by atoms with Crippen LogP contribution in [0, 0.1) is 5.82 Å². The molecule has 0 saturated heterocycles. The summed E-state index contributed by atoms with van der Waals surface area (Å²) in [5.74, 6) is 0.291. The molecule has 6 heteroatoms. The normalized spacial score (nSPS) is 10.3. The lowest BCUT2D eigenvalue weighted by molar-refractivity contribution is 0.252. The molecular formula is C21H20FN3O2. The van der Waals surface area contributed by atoms with Crippen molar-refractivity contribution in [1.82, 2.24) is 10.3 Å². The largest absolute Gasteiger partial charge is 0.489 e. The van der Waals surface area contributed by atoms with Crippen LogP contribution in [-0.4, -0.2) is 17.6 Å². The average molecular weight is 365 g/mol. The molecule has 27 heavy (non-hydrogen) atoms. The van der Waals surface area contributed by atoms with Gasteiger partial charge >= 0.3 is 6.03 Å². The Morgan fingerprint density at radius 1 is 1.04 bits per heavy atom. The zero-order valence-corrected chi connectivity index (χ0v) is 14.7. The smallest absolute Gasteiger partial charge is 0.319 e. The summed E-state index contributed by atoms with van der Waals surface area (Å²) >= 11 is 0. The van der Waals surface area contributed by atoms with Crippen LogP contribution >= 0.6 is 0 Å². The fourth-order valence-electron chi connectivity index (χ4n) is 2.48. The van der Waals surface area contributed by atoms with E-state index in [2.05, 4.69) is 15.6 Å². The third-order valence-electron chi connectivity index (χ3n) is 3.78. The highest BCUT2D eigenvalue weighted by Crippen LogP contribution is 2.18. The second kappa shape index (κ2) is 9.33. The molecule has 2 aromatic carbocycles. The monoisotopic (exact) mass is 365 g/mol. The van der Waals surface area contributed by atoms with Crippen LogP contribution in [0.15, 0.2) is 72.9 Å². The van der Waals surface area contributed by atoms with Crippen LogP contribution in [0.4, 0.5) is 14.9 Å². The van der Waals surface area contributed by atoms with E-state index >= 15 is 0 Å². The number of aromatic nitrogens is 1. The zero-order chi connectivity index (χ0) is 18.9. The summed E-state index contributed by atoms with van der Waals surface area (Å²) in [4.78, 5) is 16.2. The second-order valence-corrected chi connectivity index (χ2v) is 5.90. The van der Waals surface area contributed by atoms with E-state index in [1.807, 2.05) is 18.2 Å². The molecule has 0 radical (unpaired) electrons. The highest BCUT2D eigenvalue weighted by Gasteiger charge is 2.04. The number of nitrogens with one attached hydrogen (secondary N) is 2. The lowest BCUT2D eigenvalue weighted by Gasteiger charge is -2.10. The number of hydrogen-bond donors (Lipinski definition) is 2. The van der Waals surface area contributed by atoms with Crippen molar-refractivity contribution in [3.63, 3.8) is 0 Å². The molecule has 0 aliphatic heterocycles. The number of pyridine rings is 1. The third-order valence-corrected chi connectivity index (χ3v) is 3.78. The van der Waals surface area contributed by atoms with E-state index in [4.69, 9.17) is 4.74 Å². The van der Waals surface area contributed by atoms with Gasteiger partial charge in [-0.15, -0.1) is 0 Å². The topological polar surface area (TPSA) is 63.2 Å². The van der Waals surface area contributed by atoms with E-state index in [0.29, 0.717) is 24.4 Å². The van der Waals surface area contributed by atoms with Crippen molar-refractivity contribution in [2.75, 3.05) is 11.9 Å². The molecule has 0 unspecified atom stereocenters. The number of halogens is 1. The first-order valence-corrected chi connectivity index (χ1v) is 8.61. The molecule has 0 aliphatic carbocycles. The number of amides is 2. The third kappa shape index (κ3) is 6.11. The Morgan fingerprint density at radius 3 is 2.74 bits per heavy atom. The SMILES string of the molecule is O=C(NCCc1ccccn1)Nc1cccc(OCc2cccc(F)c2)c1. The Bertz CT molecular complexity index is 887. The minimum Gasteiger partial charge on any atom is -0.489 e. The maximum absolute atomic E-state index is 13.2. The Balaban J connectivity index is 1.47. The van der Waals surface area contributed by atoms with E-state index in [9.17, 15) is 9.18 Å². The average Bonchev–Trinajstić information content (AvgIpc) is 2.68. The van der Waals surface area contributed by atoms with Crippen molar-refractivity contribution in [2.45, 2.75) is 13.0 Å². The van der Waals surface area contributed by atoms with Gasteiger partial charge in [-0.05, 0) is 42.0 Å². The lowest BCUT2D eigenvalue weighted by Crippen LogP contribution is -2.30. The Hall–Kier alpha value is -3.41. The molecule has 0 bridgehead atoms. The lowest BCUT2D eigenvalue weighted by atomic mass is 10.2. The maximum atomic E-state index is 13.2. The number of carbonyl (C=O) groups excluding carboxylic acids is 1. The van der Waals surface area contributed by atoms with Crippen molar-refractivity contribution in [3.05, 3.63) is 90.0 Å². The van der Waals surface area contributed by atoms with Crippen molar-refractivity contribution in [2.24, 2.45) is 0 Å².